The zero-order valence-corrected chi connectivity index (χ0v) is 17.2. The van der Waals surface area contributed by atoms with Crippen molar-refractivity contribution in [2.75, 3.05) is 13.2 Å². The molecule has 0 saturated heterocycles. The van der Waals surface area contributed by atoms with E-state index in [1.807, 2.05) is 38.1 Å². The second-order valence-electron chi connectivity index (χ2n) is 6.05. The molecule has 0 radical (unpaired) electrons. The first-order valence-corrected chi connectivity index (χ1v) is 9.52. The normalized spacial score (nSPS) is 10.5. The molecule has 0 atom stereocenters. The maximum absolute atomic E-state index is 12.1. The second kappa shape index (κ2) is 9.41. The van der Waals surface area contributed by atoms with Crippen LogP contribution < -0.4 is 9.47 Å². The van der Waals surface area contributed by atoms with E-state index >= 15 is 0 Å². The smallest absolute Gasteiger partial charge is 0.338 e. The first-order valence-electron chi connectivity index (χ1n) is 8.73. The number of aromatic nitrogens is 1. The SMILES string of the molecule is Cc1noc(C)c1COc1ccc(C(=O)OCCOc2ccc(Br)cc2)cc1. The molecular weight excluding hydrogens is 426 g/mol. The molecule has 1 aromatic heterocycles. The van der Waals surface area contributed by atoms with Gasteiger partial charge in [-0.3, -0.25) is 0 Å². The molecule has 7 heteroatoms. The van der Waals surface area contributed by atoms with Crippen LogP contribution in [0.3, 0.4) is 0 Å². The number of hydrogen-bond acceptors (Lipinski definition) is 6. The summed E-state index contributed by atoms with van der Waals surface area (Å²) < 4.78 is 22.6. The summed E-state index contributed by atoms with van der Waals surface area (Å²) in [4.78, 5) is 12.1. The molecule has 1 heterocycles. The largest absolute Gasteiger partial charge is 0.490 e. The number of esters is 1. The molecule has 6 nitrogen and oxygen atoms in total. The summed E-state index contributed by atoms with van der Waals surface area (Å²) in [5, 5.41) is 3.90. The Hall–Kier alpha value is -2.80. The van der Waals surface area contributed by atoms with Crippen LogP contribution in [-0.2, 0) is 11.3 Å². The molecule has 0 N–H and O–H groups in total. The van der Waals surface area contributed by atoms with Gasteiger partial charge in [-0.1, -0.05) is 21.1 Å². The van der Waals surface area contributed by atoms with Crippen molar-refractivity contribution in [3.63, 3.8) is 0 Å². The zero-order valence-electron chi connectivity index (χ0n) is 15.6. The summed E-state index contributed by atoms with van der Waals surface area (Å²) in [6.45, 7) is 4.52. The number of benzene rings is 2. The molecule has 0 aliphatic rings. The standard InChI is InChI=1S/C21H20BrNO5/c1-14-20(15(2)28-23-14)13-27-19-7-3-16(4-8-19)21(24)26-12-11-25-18-9-5-17(22)6-10-18/h3-10H,11-13H2,1-2H3. The van der Waals surface area contributed by atoms with Gasteiger partial charge in [-0.15, -0.1) is 0 Å². The Morgan fingerprint density at radius 1 is 0.964 bits per heavy atom. The summed E-state index contributed by atoms with van der Waals surface area (Å²) in [6.07, 6.45) is 0. The van der Waals surface area contributed by atoms with Crippen LogP contribution in [0.5, 0.6) is 11.5 Å². The van der Waals surface area contributed by atoms with Gasteiger partial charge >= 0.3 is 5.97 Å². The fraction of sp³-hybridized carbons (Fsp3) is 0.238. The van der Waals surface area contributed by atoms with E-state index in [-0.39, 0.29) is 13.2 Å². The van der Waals surface area contributed by atoms with Crippen molar-refractivity contribution in [1.82, 2.24) is 5.16 Å². The minimum absolute atomic E-state index is 0.166. The number of rotatable bonds is 8. The highest BCUT2D eigenvalue weighted by molar-refractivity contribution is 9.10. The predicted molar refractivity (Wildman–Crippen MR) is 107 cm³/mol. The van der Waals surface area contributed by atoms with E-state index in [9.17, 15) is 4.79 Å². The van der Waals surface area contributed by atoms with Gasteiger partial charge < -0.3 is 18.7 Å². The Balaban J connectivity index is 1.43. The van der Waals surface area contributed by atoms with Crippen molar-refractivity contribution in [1.29, 1.82) is 0 Å². The topological polar surface area (TPSA) is 70.8 Å². The molecule has 0 aliphatic carbocycles. The minimum Gasteiger partial charge on any atom is -0.490 e. The van der Waals surface area contributed by atoms with Gasteiger partial charge in [-0.2, -0.15) is 0 Å². The van der Waals surface area contributed by atoms with E-state index in [2.05, 4.69) is 21.1 Å². The quantitative estimate of drug-likeness (QED) is 0.363. The lowest BCUT2D eigenvalue weighted by Crippen LogP contribution is -2.12. The highest BCUT2D eigenvalue weighted by Gasteiger charge is 2.11. The fourth-order valence-corrected chi connectivity index (χ4v) is 2.72. The van der Waals surface area contributed by atoms with Crippen LogP contribution in [0.2, 0.25) is 0 Å². The van der Waals surface area contributed by atoms with Crippen molar-refractivity contribution >= 4 is 21.9 Å². The first-order chi connectivity index (χ1) is 13.5. The van der Waals surface area contributed by atoms with Gasteiger partial charge in [0, 0.05) is 4.47 Å². The highest BCUT2D eigenvalue weighted by Crippen LogP contribution is 2.19. The third-order valence-corrected chi connectivity index (χ3v) is 4.58. The van der Waals surface area contributed by atoms with E-state index in [1.165, 1.54) is 0 Å². The van der Waals surface area contributed by atoms with Gasteiger partial charge in [-0.25, -0.2) is 4.79 Å². The third kappa shape index (κ3) is 5.36. The van der Waals surface area contributed by atoms with E-state index < -0.39 is 5.97 Å². The van der Waals surface area contributed by atoms with Crippen molar-refractivity contribution < 1.29 is 23.5 Å². The lowest BCUT2D eigenvalue weighted by Gasteiger charge is -2.09. The van der Waals surface area contributed by atoms with Crippen molar-refractivity contribution in [3.05, 3.63) is 75.6 Å². The summed E-state index contributed by atoms with van der Waals surface area (Å²) >= 11 is 3.36. The minimum atomic E-state index is -0.406. The molecule has 0 bridgehead atoms. The number of nitrogens with zero attached hydrogens (tertiary/aromatic N) is 1. The molecule has 3 aromatic rings. The van der Waals surface area contributed by atoms with Crippen LogP contribution >= 0.6 is 15.9 Å². The molecule has 2 aromatic carbocycles. The van der Waals surface area contributed by atoms with E-state index in [1.54, 1.807) is 24.3 Å². The molecular formula is C21H20BrNO5. The molecule has 28 heavy (non-hydrogen) atoms. The number of carbonyl (C=O) groups is 1. The second-order valence-corrected chi connectivity index (χ2v) is 6.97. The zero-order chi connectivity index (χ0) is 19.9. The van der Waals surface area contributed by atoms with Crippen LogP contribution in [0.25, 0.3) is 0 Å². The molecule has 0 aliphatic heterocycles. The summed E-state index contributed by atoms with van der Waals surface area (Å²) in [5.74, 6) is 1.70. The van der Waals surface area contributed by atoms with Crippen LogP contribution in [0.1, 0.15) is 27.4 Å². The monoisotopic (exact) mass is 445 g/mol. The van der Waals surface area contributed by atoms with Crippen LogP contribution in [0, 0.1) is 13.8 Å². The lowest BCUT2D eigenvalue weighted by molar-refractivity contribution is 0.0450. The first kappa shape index (κ1) is 19.9. The predicted octanol–water partition coefficient (Wildman–Crippen LogP) is 4.87. The van der Waals surface area contributed by atoms with E-state index in [0.29, 0.717) is 17.9 Å². The molecule has 0 fully saturated rings. The van der Waals surface area contributed by atoms with Crippen molar-refractivity contribution in [3.8, 4) is 11.5 Å². The maximum Gasteiger partial charge on any atom is 0.338 e. The summed E-state index contributed by atoms with van der Waals surface area (Å²) in [6, 6.07) is 14.2. The van der Waals surface area contributed by atoms with E-state index in [0.717, 1.165) is 27.2 Å². The lowest BCUT2D eigenvalue weighted by atomic mass is 10.2. The average Bonchev–Trinajstić information content (AvgIpc) is 3.03. The summed E-state index contributed by atoms with van der Waals surface area (Å²) in [5.41, 5.74) is 2.19. The Bertz CT molecular complexity index is 899. The number of hydrogen-bond donors (Lipinski definition) is 0. The Morgan fingerprint density at radius 3 is 2.25 bits per heavy atom. The molecule has 0 unspecified atom stereocenters. The Labute approximate surface area is 171 Å². The van der Waals surface area contributed by atoms with Gasteiger partial charge in [0.15, 0.2) is 0 Å². The summed E-state index contributed by atoms with van der Waals surface area (Å²) in [7, 11) is 0. The third-order valence-electron chi connectivity index (χ3n) is 4.05. The van der Waals surface area contributed by atoms with Crippen molar-refractivity contribution in [2.24, 2.45) is 0 Å². The van der Waals surface area contributed by atoms with Crippen LogP contribution in [0.15, 0.2) is 57.5 Å². The number of ether oxygens (including phenoxy) is 3. The Kier molecular flexibility index (Phi) is 6.71. The molecule has 0 spiro atoms. The Morgan fingerprint density at radius 2 is 1.61 bits per heavy atom. The van der Waals surface area contributed by atoms with Gasteiger partial charge in [-0.05, 0) is 62.4 Å². The van der Waals surface area contributed by atoms with Crippen LogP contribution in [0.4, 0.5) is 0 Å². The number of halogens is 1. The highest BCUT2D eigenvalue weighted by atomic mass is 79.9. The molecule has 3 rings (SSSR count). The van der Waals surface area contributed by atoms with Crippen LogP contribution in [-0.4, -0.2) is 24.3 Å². The van der Waals surface area contributed by atoms with Gasteiger partial charge in [0.2, 0.25) is 0 Å². The van der Waals surface area contributed by atoms with E-state index in [4.69, 9.17) is 18.7 Å². The molecule has 0 amide bonds. The average molecular weight is 446 g/mol. The molecule has 146 valence electrons. The van der Waals surface area contributed by atoms with Gasteiger partial charge in [0.05, 0.1) is 16.8 Å². The van der Waals surface area contributed by atoms with Gasteiger partial charge in [0.1, 0.15) is 37.1 Å². The maximum atomic E-state index is 12.1. The number of carbonyl (C=O) groups excluding carboxylic acids is 1. The van der Waals surface area contributed by atoms with Gasteiger partial charge in [0.25, 0.3) is 0 Å². The molecule has 0 saturated carbocycles. The number of aryl methyl sites for hydroxylation is 2. The fourth-order valence-electron chi connectivity index (χ4n) is 2.46. The van der Waals surface area contributed by atoms with Crippen molar-refractivity contribution in [2.45, 2.75) is 20.5 Å².